The Hall–Kier alpha value is -2.38. The van der Waals surface area contributed by atoms with Crippen molar-refractivity contribution in [3.05, 3.63) is 59.3 Å². The van der Waals surface area contributed by atoms with Crippen LogP contribution in [0.3, 0.4) is 0 Å². The highest BCUT2D eigenvalue weighted by atomic mass is 32.2. The molecule has 2 N–H and O–H groups in total. The Morgan fingerprint density at radius 1 is 1.20 bits per heavy atom. The Bertz CT molecular complexity index is 1190. The van der Waals surface area contributed by atoms with E-state index in [4.69, 9.17) is 0 Å². The zero-order valence-corrected chi connectivity index (χ0v) is 18.2. The molecule has 1 aliphatic heterocycles. The summed E-state index contributed by atoms with van der Waals surface area (Å²) in [5.41, 5.74) is 5.37. The molecule has 1 saturated heterocycles. The van der Waals surface area contributed by atoms with Crippen LogP contribution in [0.5, 0.6) is 0 Å². The molecule has 2 aromatic carbocycles. The standard InChI is InChI=1S/C23H28N4O2S/c1-15-3-4-16(9-19(15)14-30(2,28)29)12-27-13-17-5-8-22(27)23(17)25-20-6-7-21-18(10-20)11-24-26-21/h3-4,6-7,9-11,17,22-23,25H,5,8,12-14H2,1-2H3,(H,24,26). The van der Waals surface area contributed by atoms with E-state index in [-0.39, 0.29) is 5.75 Å². The van der Waals surface area contributed by atoms with Crippen molar-refractivity contribution in [1.29, 1.82) is 0 Å². The number of aromatic amines is 1. The number of aromatic nitrogens is 2. The molecule has 1 aliphatic carbocycles. The van der Waals surface area contributed by atoms with E-state index in [0.29, 0.717) is 18.0 Å². The molecule has 0 amide bonds. The predicted octanol–water partition coefficient (Wildman–Crippen LogP) is 3.49. The van der Waals surface area contributed by atoms with E-state index in [0.717, 1.165) is 40.8 Å². The summed E-state index contributed by atoms with van der Waals surface area (Å²) in [5, 5.41) is 12.0. The minimum atomic E-state index is -3.04. The lowest BCUT2D eigenvalue weighted by Crippen LogP contribution is -2.36. The van der Waals surface area contributed by atoms with Crippen LogP contribution in [0.4, 0.5) is 5.69 Å². The van der Waals surface area contributed by atoms with E-state index in [9.17, 15) is 8.42 Å². The molecule has 2 heterocycles. The quantitative estimate of drug-likeness (QED) is 0.633. The average molecular weight is 425 g/mol. The molecule has 7 heteroatoms. The first kappa shape index (κ1) is 19.6. The van der Waals surface area contributed by atoms with Gasteiger partial charge in [-0.05, 0) is 60.6 Å². The number of hydrogen-bond acceptors (Lipinski definition) is 5. The van der Waals surface area contributed by atoms with Gasteiger partial charge in [0.05, 0.1) is 17.5 Å². The highest BCUT2D eigenvalue weighted by molar-refractivity contribution is 7.89. The molecule has 158 valence electrons. The molecule has 6 nitrogen and oxygen atoms in total. The third-order valence-electron chi connectivity index (χ3n) is 6.68. The molecule has 2 aliphatic rings. The summed E-state index contributed by atoms with van der Waals surface area (Å²) >= 11 is 0. The molecule has 1 aromatic heterocycles. The zero-order valence-electron chi connectivity index (χ0n) is 17.4. The highest BCUT2D eigenvalue weighted by Gasteiger charge is 2.46. The number of H-pyrrole nitrogens is 1. The van der Waals surface area contributed by atoms with Gasteiger partial charge in [-0.1, -0.05) is 18.2 Å². The first-order valence-electron chi connectivity index (χ1n) is 10.6. The van der Waals surface area contributed by atoms with Gasteiger partial charge in [0.2, 0.25) is 0 Å². The van der Waals surface area contributed by atoms with Gasteiger partial charge in [0, 0.05) is 42.5 Å². The fourth-order valence-corrected chi connectivity index (χ4v) is 6.10. The van der Waals surface area contributed by atoms with E-state index in [1.807, 2.05) is 13.1 Å². The molecule has 0 radical (unpaired) electrons. The van der Waals surface area contributed by atoms with Crippen LogP contribution in [-0.4, -0.2) is 48.4 Å². The van der Waals surface area contributed by atoms with Gasteiger partial charge >= 0.3 is 0 Å². The van der Waals surface area contributed by atoms with Gasteiger partial charge in [-0.25, -0.2) is 8.42 Å². The topological polar surface area (TPSA) is 78.1 Å². The van der Waals surface area contributed by atoms with Crippen LogP contribution in [0, 0.1) is 12.8 Å². The predicted molar refractivity (Wildman–Crippen MR) is 120 cm³/mol. The molecular weight excluding hydrogens is 396 g/mol. The molecule has 5 rings (SSSR count). The van der Waals surface area contributed by atoms with Crippen LogP contribution in [0.15, 0.2) is 42.6 Å². The molecule has 2 fully saturated rings. The van der Waals surface area contributed by atoms with Crippen LogP contribution in [-0.2, 0) is 22.1 Å². The molecule has 3 unspecified atom stereocenters. The van der Waals surface area contributed by atoms with E-state index < -0.39 is 9.84 Å². The maximum absolute atomic E-state index is 11.8. The van der Waals surface area contributed by atoms with Crippen molar-refractivity contribution < 1.29 is 8.42 Å². The third kappa shape index (κ3) is 3.84. The van der Waals surface area contributed by atoms with Gasteiger partial charge in [-0.2, -0.15) is 5.10 Å². The maximum atomic E-state index is 11.8. The molecule has 30 heavy (non-hydrogen) atoms. The largest absolute Gasteiger partial charge is 0.380 e. The van der Waals surface area contributed by atoms with Crippen molar-refractivity contribution in [1.82, 2.24) is 15.1 Å². The van der Waals surface area contributed by atoms with Crippen LogP contribution < -0.4 is 5.32 Å². The number of aryl methyl sites for hydroxylation is 1. The van der Waals surface area contributed by atoms with Gasteiger partial charge in [0.1, 0.15) is 0 Å². The van der Waals surface area contributed by atoms with Gasteiger partial charge in [0.15, 0.2) is 9.84 Å². The first-order chi connectivity index (χ1) is 14.4. The maximum Gasteiger partial charge on any atom is 0.151 e. The van der Waals surface area contributed by atoms with Crippen LogP contribution in [0.1, 0.15) is 29.5 Å². The summed E-state index contributed by atoms with van der Waals surface area (Å²) in [6.07, 6.45) is 5.63. The summed E-state index contributed by atoms with van der Waals surface area (Å²) in [7, 11) is -3.04. The number of anilines is 1. The Morgan fingerprint density at radius 2 is 2.07 bits per heavy atom. The summed E-state index contributed by atoms with van der Waals surface area (Å²) in [5.74, 6) is 0.760. The van der Waals surface area contributed by atoms with Gasteiger partial charge in [-0.3, -0.25) is 10.00 Å². The number of rotatable bonds is 6. The van der Waals surface area contributed by atoms with E-state index >= 15 is 0 Å². The fraction of sp³-hybridized carbons (Fsp3) is 0.435. The van der Waals surface area contributed by atoms with Crippen LogP contribution >= 0.6 is 0 Å². The molecule has 2 bridgehead atoms. The Labute approximate surface area is 177 Å². The summed E-state index contributed by atoms with van der Waals surface area (Å²) in [4.78, 5) is 2.57. The molecule has 1 saturated carbocycles. The fourth-order valence-electron chi connectivity index (χ4n) is 5.23. The number of nitrogens with zero attached hydrogens (tertiary/aromatic N) is 2. The molecule has 3 aromatic rings. The Kier molecular flexibility index (Phi) is 4.82. The van der Waals surface area contributed by atoms with Crippen LogP contribution in [0.2, 0.25) is 0 Å². The molecular formula is C23H28N4O2S. The van der Waals surface area contributed by atoms with Gasteiger partial charge in [-0.15, -0.1) is 0 Å². The normalized spacial score (nSPS) is 24.0. The summed E-state index contributed by atoms with van der Waals surface area (Å²) in [6, 6.07) is 13.6. The van der Waals surface area contributed by atoms with E-state index in [1.54, 1.807) is 0 Å². The highest BCUT2D eigenvalue weighted by Crippen LogP contribution is 2.40. The second-order valence-corrected chi connectivity index (χ2v) is 11.1. The number of fused-ring (bicyclic) bond motifs is 3. The number of benzene rings is 2. The van der Waals surface area contributed by atoms with Crippen molar-refractivity contribution in [2.75, 3.05) is 18.1 Å². The van der Waals surface area contributed by atoms with Crippen molar-refractivity contribution in [2.24, 2.45) is 5.92 Å². The van der Waals surface area contributed by atoms with Crippen molar-refractivity contribution in [2.45, 2.75) is 44.1 Å². The lowest BCUT2D eigenvalue weighted by Gasteiger charge is -2.28. The monoisotopic (exact) mass is 424 g/mol. The Balaban J connectivity index is 1.31. The van der Waals surface area contributed by atoms with E-state index in [1.165, 1.54) is 24.7 Å². The molecule has 0 spiro atoms. The number of sulfone groups is 1. The number of likely N-dealkylation sites (tertiary alicyclic amines) is 1. The summed E-state index contributed by atoms with van der Waals surface area (Å²) < 4.78 is 23.5. The van der Waals surface area contributed by atoms with Crippen LogP contribution in [0.25, 0.3) is 10.9 Å². The second-order valence-electron chi connectivity index (χ2n) is 9.01. The lowest BCUT2D eigenvalue weighted by molar-refractivity contribution is 0.204. The number of hydrogen-bond donors (Lipinski definition) is 2. The smallest absolute Gasteiger partial charge is 0.151 e. The third-order valence-corrected chi connectivity index (χ3v) is 7.52. The minimum absolute atomic E-state index is 0.111. The average Bonchev–Trinajstić information content (AvgIpc) is 3.38. The number of piperidine rings is 1. The van der Waals surface area contributed by atoms with Crippen molar-refractivity contribution >= 4 is 26.4 Å². The second kappa shape index (κ2) is 7.39. The Morgan fingerprint density at radius 3 is 2.90 bits per heavy atom. The minimum Gasteiger partial charge on any atom is -0.380 e. The van der Waals surface area contributed by atoms with Crippen molar-refractivity contribution in [3.8, 4) is 0 Å². The SMILES string of the molecule is Cc1ccc(CN2CC3CCC2C3Nc2ccc3[nH]ncc3c2)cc1CS(C)(=O)=O. The van der Waals surface area contributed by atoms with Gasteiger partial charge in [0.25, 0.3) is 0 Å². The molecule has 3 atom stereocenters. The zero-order chi connectivity index (χ0) is 20.9. The lowest BCUT2D eigenvalue weighted by atomic mass is 10.0. The van der Waals surface area contributed by atoms with Crippen molar-refractivity contribution in [3.63, 3.8) is 0 Å². The number of nitrogens with one attached hydrogen (secondary N) is 2. The van der Waals surface area contributed by atoms with E-state index in [2.05, 4.69) is 56.8 Å². The van der Waals surface area contributed by atoms with Gasteiger partial charge < -0.3 is 5.32 Å². The summed E-state index contributed by atoms with van der Waals surface area (Å²) in [6.45, 7) is 3.95. The first-order valence-corrected chi connectivity index (χ1v) is 12.6.